The van der Waals surface area contributed by atoms with Gasteiger partial charge in [0.1, 0.15) is 5.82 Å². The first-order chi connectivity index (χ1) is 12.7. The lowest BCUT2D eigenvalue weighted by Crippen LogP contribution is -2.29. The number of nitrogens with zero attached hydrogens (tertiary/aromatic N) is 2. The molecule has 0 bridgehead atoms. The highest BCUT2D eigenvalue weighted by Gasteiger charge is 2.35. The minimum atomic E-state index is -1.25. The van der Waals surface area contributed by atoms with Gasteiger partial charge in [-0.1, -0.05) is 25.1 Å². The number of hydrogen-bond acceptors (Lipinski definition) is 4. The molecule has 0 aliphatic rings. The Morgan fingerprint density at radius 3 is 2.48 bits per heavy atom. The van der Waals surface area contributed by atoms with Crippen LogP contribution in [0.15, 0.2) is 41.8 Å². The number of halogens is 1. The molecule has 27 heavy (non-hydrogen) atoms. The van der Waals surface area contributed by atoms with Crippen LogP contribution in [-0.2, 0) is 5.60 Å². The van der Waals surface area contributed by atoms with Gasteiger partial charge in [0, 0.05) is 16.9 Å². The van der Waals surface area contributed by atoms with Gasteiger partial charge in [-0.3, -0.25) is 0 Å². The first kappa shape index (κ1) is 19.2. The third-order valence-corrected chi connectivity index (χ3v) is 6.12. The van der Waals surface area contributed by atoms with Crippen molar-refractivity contribution >= 4 is 11.3 Å². The summed E-state index contributed by atoms with van der Waals surface area (Å²) in [7, 11) is 0. The van der Waals surface area contributed by atoms with Gasteiger partial charge in [0.05, 0.1) is 27.9 Å². The van der Waals surface area contributed by atoms with Gasteiger partial charge >= 0.3 is 0 Å². The Kier molecular flexibility index (Phi) is 5.14. The summed E-state index contributed by atoms with van der Waals surface area (Å²) in [6, 6.07) is 12.5. The smallest absolute Gasteiger partial charge is 0.126 e. The number of hydrogen-bond donors (Lipinski definition) is 1. The van der Waals surface area contributed by atoms with E-state index in [9.17, 15) is 9.50 Å². The maximum atomic E-state index is 14.1. The second kappa shape index (κ2) is 7.22. The molecule has 1 N–H and O–H groups in total. The molecular formula is C22H21FN2OS. The number of aryl methyl sites for hydroxylation is 2. The lowest BCUT2D eigenvalue weighted by Gasteiger charge is -2.31. The van der Waals surface area contributed by atoms with Crippen LogP contribution in [0.3, 0.4) is 0 Å². The molecule has 3 nitrogen and oxygen atoms in total. The number of benzene rings is 2. The molecule has 3 rings (SSSR count). The van der Waals surface area contributed by atoms with Crippen LogP contribution in [0.25, 0.3) is 11.3 Å². The van der Waals surface area contributed by atoms with Crippen LogP contribution in [0.2, 0.25) is 0 Å². The molecule has 1 heterocycles. The molecule has 0 saturated heterocycles. The zero-order valence-corrected chi connectivity index (χ0v) is 16.6. The van der Waals surface area contributed by atoms with Crippen LogP contribution in [0.1, 0.15) is 47.0 Å². The van der Waals surface area contributed by atoms with Crippen LogP contribution in [0.4, 0.5) is 4.39 Å². The van der Waals surface area contributed by atoms with Crippen molar-refractivity contribution < 1.29 is 9.50 Å². The number of nitriles is 1. The Morgan fingerprint density at radius 2 is 1.85 bits per heavy atom. The van der Waals surface area contributed by atoms with Crippen molar-refractivity contribution in [3.8, 4) is 17.3 Å². The summed E-state index contributed by atoms with van der Waals surface area (Å²) in [4.78, 5) is 4.68. The normalized spacial score (nSPS) is 14.4. The summed E-state index contributed by atoms with van der Waals surface area (Å²) in [6.45, 7) is 7.21. The van der Waals surface area contributed by atoms with Crippen LogP contribution in [-0.4, -0.2) is 10.1 Å². The van der Waals surface area contributed by atoms with E-state index in [1.807, 2.05) is 31.4 Å². The Morgan fingerprint density at radius 1 is 1.19 bits per heavy atom. The maximum Gasteiger partial charge on any atom is 0.126 e. The minimum absolute atomic E-state index is 0.310. The van der Waals surface area contributed by atoms with E-state index in [2.05, 4.69) is 11.1 Å². The molecule has 0 aliphatic carbocycles. The van der Waals surface area contributed by atoms with Crippen LogP contribution in [0.5, 0.6) is 0 Å². The Balaban J connectivity index is 1.93. The second-order valence-corrected chi connectivity index (χ2v) is 7.94. The summed E-state index contributed by atoms with van der Waals surface area (Å²) < 4.78 is 14.1. The van der Waals surface area contributed by atoms with Gasteiger partial charge in [0.25, 0.3) is 0 Å². The average Bonchev–Trinajstić information content (AvgIpc) is 3.14. The first-order valence-electron chi connectivity index (χ1n) is 8.69. The van der Waals surface area contributed by atoms with Gasteiger partial charge in [0.2, 0.25) is 0 Å². The molecule has 1 aromatic heterocycles. The van der Waals surface area contributed by atoms with Crippen molar-refractivity contribution in [1.29, 1.82) is 5.26 Å². The molecule has 0 amide bonds. The molecule has 138 valence electrons. The van der Waals surface area contributed by atoms with Gasteiger partial charge in [-0.2, -0.15) is 5.26 Å². The first-order valence-corrected chi connectivity index (χ1v) is 9.57. The SMILES string of the molecule is Cc1cc(C)c(C(C)(O)C(C)c2nc(-c3ccc(C#N)cc3)cs2)cc1F. The van der Waals surface area contributed by atoms with Crippen LogP contribution >= 0.6 is 11.3 Å². The molecule has 2 aromatic carbocycles. The van der Waals surface area contributed by atoms with Gasteiger partial charge < -0.3 is 5.11 Å². The number of aliphatic hydroxyl groups is 1. The minimum Gasteiger partial charge on any atom is -0.385 e. The molecular weight excluding hydrogens is 359 g/mol. The van der Waals surface area contributed by atoms with Gasteiger partial charge in [-0.05, 0) is 55.7 Å². The zero-order chi connectivity index (χ0) is 19.8. The van der Waals surface area contributed by atoms with Crippen molar-refractivity contribution in [3.05, 3.63) is 74.9 Å². The summed E-state index contributed by atoms with van der Waals surface area (Å²) in [5, 5.41) is 22.8. The summed E-state index contributed by atoms with van der Waals surface area (Å²) in [6.07, 6.45) is 0. The zero-order valence-electron chi connectivity index (χ0n) is 15.7. The summed E-state index contributed by atoms with van der Waals surface area (Å²) >= 11 is 1.47. The number of thiazole rings is 1. The fourth-order valence-electron chi connectivity index (χ4n) is 3.18. The molecule has 5 heteroatoms. The standard InChI is InChI=1S/C22H21FN2OS/c1-13-9-14(2)19(23)10-18(13)22(4,26)15(3)21-25-20(12-27-21)17-7-5-16(11-24)6-8-17/h5-10,12,15,26H,1-4H3. The van der Waals surface area contributed by atoms with E-state index in [1.54, 1.807) is 32.0 Å². The highest BCUT2D eigenvalue weighted by atomic mass is 32.1. The van der Waals surface area contributed by atoms with E-state index in [1.165, 1.54) is 17.4 Å². The van der Waals surface area contributed by atoms with E-state index in [0.717, 1.165) is 21.8 Å². The molecule has 0 aliphatic heterocycles. The molecule has 0 saturated carbocycles. The number of rotatable bonds is 4. The molecule has 0 fully saturated rings. The third-order valence-electron chi connectivity index (χ3n) is 5.10. The van der Waals surface area contributed by atoms with E-state index < -0.39 is 5.60 Å². The van der Waals surface area contributed by atoms with Gasteiger partial charge in [-0.15, -0.1) is 11.3 Å². The lowest BCUT2D eigenvalue weighted by atomic mass is 9.81. The van der Waals surface area contributed by atoms with Crippen LogP contribution in [0, 0.1) is 31.0 Å². The molecule has 2 atom stereocenters. The fourth-order valence-corrected chi connectivity index (χ4v) is 4.19. The monoisotopic (exact) mass is 380 g/mol. The van der Waals surface area contributed by atoms with Crippen molar-refractivity contribution in [2.45, 2.75) is 39.2 Å². The average molecular weight is 380 g/mol. The quantitative estimate of drug-likeness (QED) is 0.655. The predicted octanol–water partition coefficient (Wildman–Crippen LogP) is 5.45. The van der Waals surface area contributed by atoms with Crippen molar-refractivity contribution in [3.63, 3.8) is 0 Å². The van der Waals surface area contributed by atoms with E-state index in [0.29, 0.717) is 16.7 Å². The second-order valence-electron chi connectivity index (χ2n) is 7.05. The topological polar surface area (TPSA) is 56.9 Å². The lowest BCUT2D eigenvalue weighted by molar-refractivity contribution is 0.0314. The van der Waals surface area contributed by atoms with Gasteiger partial charge in [-0.25, -0.2) is 9.37 Å². The Labute approximate surface area is 162 Å². The van der Waals surface area contributed by atoms with Gasteiger partial charge in [0.15, 0.2) is 0 Å². The summed E-state index contributed by atoms with van der Waals surface area (Å²) in [5.74, 6) is -0.629. The van der Waals surface area contributed by atoms with E-state index in [-0.39, 0.29) is 11.7 Å². The van der Waals surface area contributed by atoms with Crippen molar-refractivity contribution in [2.24, 2.45) is 0 Å². The van der Waals surface area contributed by atoms with Crippen LogP contribution < -0.4 is 0 Å². The highest BCUT2D eigenvalue weighted by molar-refractivity contribution is 7.10. The molecule has 2 unspecified atom stereocenters. The molecule has 0 spiro atoms. The molecule has 3 aromatic rings. The summed E-state index contributed by atoms with van der Waals surface area (Å²) in [5.41, 5.74) is 3.07. The predicted molar refractivity (Wildman–Crippen MR) is 106 cm³/mol. The third kappa shape index (κ3) is 3.64. The number of aromatic nitrogens is 1. The Hall–Kier alpha value is -2.55. The largest absolute Gasteiger partial charge is 0.385 e. The van der Waals surface area contributed by atoms with E-state index in [4.69, 9.17) is 5.26 Å². The fraction of sp³-hybridized carbons (Fsp3) is 0.273. The maximum absolute atomic E-state index is 14.1. The Bertz CT molecular complexity index is 1020. The van der Waals surface area contributed by atoms with E-state index >= 15 is 0 Å². The van der Waals surface area contributed by atoms with Crippen molar-refractivity contribution in [1.82, 2.24) is 4.98 Å². The van der Waals surface area contributed by atoms with Crippen molar-refractivity contribution in [2.75, 3.05) is 0 Å². The highest BCUT2D eigenvalue weighted by Crippen LogP contribution is 2.40. The molecule has 0 radical (unpaired) electrons.